The quantitative estimate of drug-likeness (QED) is 0.752. The number of nitrogens with zero attached hydrogens (tertiary/aromatic N) is 1. The van der Waals surface area contributed by atoms with Gasteiger partial charge in [0.05, 0.1) is 0 Å². The molecule has 1 aromatic heterocycles. The minimum absolute atomic E-state index is 0.0375. The highest BCUT2D eigenvalue weighted by atomic mass is 79.9. The Morgan fingerprint density at radius 3 is 2.75 bits per heavy atom. The van der Waals surface area contributed by atoms with E-state index < -0.39 is 10.0 Å². The number of aromatic nitrogens is 2. The first-order valence-corrected chi connectivity index (χ1v) is 8.20. The number of hydrogen-bond donors (Lipinski definition) is 3. The Hall–Kier alpha value is -1.22. The van der Waals surface area contributed by atoms with Gasteiger partial charge in [0, 0.05) is 28.8 Å². The predicted octanol–water partition coefficient (Wildman–Crippen LogP) is 1.42. The fourth-order valence-corrected chi connectivity index (χ4v) is 3.41. The molecule has 0 saturated carbocycles. The van der Waals surface area contributed by atoms with Crippen molar-refractivity contribution in [2.75, 3.05) is 0 Å². The van der Waals surface area contributed by atoms with Crippen LogP contribution in [0.2, 0.25) is 0 Å². The molecule has 0 aliphatic carbocycles. The van der Waals surface area contributed by atoms with Crippen LogP contribution in [-0.4, -0.2) is 18.6 Å². The number of benzene rings is 1. The molecular weight excluding hydrogens is 344 g/mol. The van der Waals surface area contributed by atoms with Gasteiger partial charge in [-0.2, -0.15) is 5.10 Å². The summed E-state index contributed by atoms with van der Waals surface area (Å²) in [4.78, 5) is 0. The van der Waals surface area contributed by atoms with Crippen molar-refractivity contribution in [3.63, 3.8) is 0 Å². The SMILES string of the molecule is Cc1[nH]nc(S(=O)(=O)NCc2ccccc2Br)c1CN. The molecule has 0 fully saturated rings. The second-order valence-corrected chi connectivity index (χ2v) is 6.79. The average Bonchev–Trinajstić information content (AvgIpc) is 2.79. The molecule has 0 saturated heterocycles. The number of nitrogens with two attached hydrogens (primary N) is 1. The van der Waals surface area contributed by atoms with E-state index in [2.05, 4.69) is 30.8 Å². The van der Waals surface area contributed by atoms with Crippen LogP contribution in [0.1, 0.15) is 16.8 Å². The number of hydrogen-bond acceptors (Lipinski definition) is 4. The molecule has 0 aliphatic rings. The topological polar surface area (TPSA) is 101 Å². The van der Waals surface area contributed by atoms with Crippen LogP contribution in [0.4, 0.5) is 0 Å². The van der Waals surface area contributed by atoms with Crippen LogP contribution < -0.4 is 10.5 Å². The molecule has 8 heteroatoms. The number of nitrogens with one attached hydrogen (secondary N) is 2. The molecule has 6 nitrogen and oxygen atoms in total. The Morgan fingerprint density at radius 2 is 2.10 bits per heavy atom. The molecule has 0 unspecified atom stereocenters. The van der Waals surface area contributed by atoms with E-state index in [1.807, 2.05) is 24.3 Å². The zero-order chi connectivity index (χ0) is 14.8. The second kappa shape index (κ2) is 6.04. The fraction of sp³-hybridized carbons (Fsp3) is 0.250. The summed E-state index contributed by atoms with van der Waals surface area (Å²) in [7, 11) is -3.69. The normalized spacial score (nSPS) is 11.8. The van der Waals surface area contributed by atoms with Crippen LogP contribution in [0.15, 0.2) is 33.8 Å². The highest BCUT2D eigenvalue weighted by molar-refractivity contribution is 9.10. The van der Waals surface area contributed by atoms with E-state index in [1.54, 1.807) is 6.92 Å². The van der Waals surface area contributed by atoms with Gasteiger partial charge in [0.15, 0.2) is 5.03 Å². The van der Waals surface area contributed by atoms with Gasteiger partial charge in [-0.25, -0.2) is 13.1 Å². The van der Waals surface area contributed by atoms with Gasteiger partial charge in [-0.15, -0.1) is 0 Å². The molecule has 2 aromatic rings. The Kier molecular flexibility index (Phi) is 4.59. The van der Waals surface area contributed by atoms with E-state index in [-0.39, 0.29) is 18.1 Å². The third kappa shape index (κ3) is 3.09. The van der Waals surface area contributed by atoms with Crippen molar-refractivity contribution in [3.8, 4) is 0 Å². The molecule has 1 aromatic carbocycles. The Balaban J connectivity index is 2.22. The Labute approximate surface area is 125 Å². The zero-order valence-corrected chi connectivity index (χ0v) is 13.3. The number of aromatic amines is 1. The lowest BCUT2D eigenvalue weighted by Gasteiger charge is -2.07. The first kappa shape index (κ1) is 15.2. The summed E-state index contributed by atoms with van der Waals surface area (Å²) >= 11 is 3.38. The van der Waals surface area contributed by atoms with Crippen LogP contribution in [0.25, 0.3) is 0 Å². The maximum Gasteiger partial charge on any atom is 0.260 e. The van der Waals surface area contributed by atoms with E-state index in [0.29, 0.717) is 11.3 Å². The fourth-order valence-electron chi connectivity index (χ4n) is 1.78. The van der Waals surface area contributed by atoms with Crippen molar-refractivity contribution in [2.24, 2.45) is 5.73 Å². The summed E-state index contributed by atoms with van der Waals surface area (Å²) < 4.78 is 27.9. The molecule has 108 valence electrons. The lowest BCUT2D eigenvalue weighted by atomic mass is 10.2. The summed E-state index contributed by atoms with van der Waals surface area (Å²) in [5, 5.41) is 6.43. The molecule has 20 heavy (non-hydrogen) atoms. The predicted molar refractivity (Wildman–Crippen MR) is 79.4 cm³/mol. The smallest absolute Gasteiger partial charge is 0.260 e. The number of aryl methyl sites for hydroxylation is 1. The second-order valence-electron chi connectivity index (χ2n) is 4.25. The van der Waals surface area contributed by atoms with E-state index >= 15 is 0 Å². The van der Waals surface area contributed by atoms with Gasteiger partial charge in [0.25, 0.3) is 10.0 Å². The van der Waals surface area contributed by atoms with Crippen LogP contribution in [0.5, 0.6) is 0 Å². The first-order valence-electron chi connectivity index (χ1n) is 5.92. The Bertz CT molecular complexity index is 712. The van der Waals surface area contributed by atoms with Gasteiger partial charge in [-0.05, 0) is 18.6 Å². The molecule has 4 N–H and O–H groups in total. The van der Waals surface area contributed by atoms with Crippen LogP contribution in [0, 0.1) is 6.92 Å². The zero-order valence-electron chi connectivity index (χ0n) is 10.9. The number of halogens is 1. The molecule has 1 heterocycles. The van der Waals surface area contributed by atoms with Gasteiger partial charge in [0.1, 0.15) is 0 Å². The summed E-state index contributed by atoms with van der Waals surface area (Å²) in [6.45, 7) is 2.04. The largest absolute Gasteiger partial charge is 0.326 e. The molecule has 0 atom stereocenters. The van der Waals surface area contributed by atoms with Crippen LogP contribution in [-0.2, 0) is 23.1 Å². The molecule has 0 radical (unpaired) electrons. The highest BCUT2D eigenvalue weighted by Gasteiger charge is 2.22. The van der Waals surface area contributed by atoms with Crippen molar-refractivity contribution in [1.82, 2.24) is 14.9 Å². The average molecular weight is 359 g/mol. The minimum Gasteiger partial charge on any atom is -0.326 e. The number of sulfonamides is 1. The lowest BCUT2D eigenvalue weighted by molar-refractivity contribution is 0.575. The van der Waals surface area contributed by atoms with E-state index in [1.165, 1.54) is 0 Å². The third-order valence-electron chi connectivity index (χ3n) is 2.91. The maximum absolute atomic E-state index is 12.2. The van der Waals surface area contributed by atoms with Gasteiger partial charge in [-0.1, -0.05) is 34.1 Å². The van der Waals surface area contributed by atoms with Crippen molar-refractivity contribution in [1.29, 1.82) is 0 Å². The molecule has 0 aliphatic heterocycles. The molecular formula is C12H15BrN4O2S. The summed E-state index contributed by atoms with van der Waals surface area (Å²) in [5.74, 6) is 0. The van der Waals surface area contributed by atoms with E-state index in [4.69, 9.17) is 5.73 Å². The van der Waals surface area contributed by atoms with Crippen LogP contribution in [0.3, 0.4) is 0 Å². The highest BCUT2D eigenvalue weighted by Crippen LogP contribution is 2.18. The number of rotatable bonds is 5. The van der Waals surface area contributed by atoms with Gasteiger partial charge in [0.2, 0.25) is 0 Å². The maximum atomic E-state index is 12.2. The summed E-state index contributed by atoms with van der Waals surface area (Å²) in [6, 6.07) is 7.41. The minimum atomic E-state index is -3.69. The van der Waals surface area contributed by atoms with Gasteiger partial charge in [-0.3, -0.25) is 5.10 Å². The van der Waals surface area contributed by atoms with Gasteiger partial charge < -0.3 is 5.73 Å². The molecule has 0 spiro atoms. The molecule has 0 bridgehead atoms. The van der Waals surface area contributed by atoms with E-state index in [0.717, 1.165) is 10.0 Å². The third-order valence-corrected chi connectivity index (χ3v) is 5.05. The van der Waals surface area contributed by atoms with Gasteiger partial charge >= 0.3 is 0 Å². The molecule has 0 amide bonds. The van der Waals surface area contributed by atoms with Crippen molar-refractivity contribution in [2.45, 2.75) is 25.0 Å². The lowest BCUT2D eigenvalue weighted by Crippen LogP contribution is -2.25. The van der Waals surface area contributed by atoms with Crippen molar-refractivity contribution in [3.05, 3.63) is 45.6 Å². The van der Waals surface area contributed by atoms with E-state index in [9.17, 15) is 8.42 Å². The first-order chi connectivity index (χ1) is 9.45. The monoisotopic (exact) mass is 358 g/mol. The molecule has 2 rings (SSSR count). The van der Waals surface area contributed by atoms with Crippen molar-refractivity contribution >= 4 is 26.0 Å². The summed E-state index contributed by atoms with van der Waals surface area (Å²) in [6.07, 6.45) is 0. The number of H-pyrrole nitrogens is 1. The Morgan fingerprint density at radius 1 is 1.40 bits per heavy atom. The van der Waals surface area contributed by atoms with Crippen LogP contribution >= 0.6 is 15.9 Å². The summed E-state index contributed by atoms with van der Waals surface area (Å²) in [5.41, 5.74) is 7.57. The standard InChI is InChI=1S/C12H15BrN4O2S/c1-8-10(6-14)12(17-16-8)20(18,19)15-7-9-4-2-3-5-11(9)13/h2-5,15H,6-7,14H2,1H3,(H,16,17). The van der Waals surface area contributed by atoms with Crippen molar-refractivity contribution < 1.29 is 8.42 Å².